The number of benzene rings is 3. The van der Waals surface area contributed by atoms with Gasteiger partial charge >= 0.3 is 0 Å². The molecule has 3 saturated heterocycles. The van der Waals surface area contributed by atoms with Crippen molar-refractivity contribution in [2.45, 2.75) is 75.7 Å². The lowest BCUT2D eigenvalue weighted by Gasteiger charge is -2.52. The maximum absolute atomic E-state index is 12.0. The van der Waals surface area contributed by atoms with E-state index in [2.05, 4.69) is 41.8 Å². The first-order chi connectivity index (χ1) is 24.7. The van der Waals surface area contributed by atoms with Crippen molar-refractivity contribution in [2.75, 3.05) is 57.9 Å². The van der Waals surface area contributed by atoms with Crippen LogP contribution < -0.4 is 20.1 Å². The highest BCUT2D eigenvalue weighted by Gasteiger charge is 2.48. The van der Waals surface area contributed by atoms with Crippen LogP contribution in [0.3, 0.4) is 0 Å². The SMILES string of the molecule is C[C@H](Cc1ccc(OCC[N+]23CCC(CC2)[C@@H](OCC(O)(c2ccccc2)C2CCCC2)C3)cc1)NC[C@H](O)c1cc(O)cc2c1OCC(=O)N2. The maximum atomic E-state index is 12.0. The molecular formula is C41H54N3O7+. The average Bonchev–Trinajstić information content (AvgIpc) is 3.70. The third-order valence-electron chi connectivity index (χ3n) is 11.9. The van der Waals surface area contributed by atoms with E-state index in [0.29, 0.717) is 36.1 Å². The zero-order chi connectivity index (χ0) is 35.4. The average molecular weight is 701 g/mol. The molecule has 3 aromatic carbocycles. The fraction of sp³-hybridized carbons (Fsp3) is 0.537. The molecule has 0 aromatic heterocycles. The topological polar surface area (TPSA) is 130 Å². The van der Waals surface area contributed by atoms with Gasteiger partial charge in [0.1, 0.15) is 48.6 Å². The maximum Gasteiger partial charge on any atom is 0.262 e. The lowest BCUT2D eigenvalue weighted by molar-refractivity contribution is -0.946. The quantitative estimate of drug-likeness (QED) is 0.139. The number of aromatic hydroxyl groups is 1. The van der Waals surface area contributed by atoms with Crippen molar-refractivity contribution in [3.05, 3.63) is 83.4 Å². The molecule has 4 fully saturated rings. The number of carbonyl (C=O) groups is 1. The Morgan fingerprint density at radius 2 is 1.78 bits per heavy atom. The van der Waals surface area contributed by atoms with Crippen LogP contribution in [0.25, 0.3) is 0 Å². The monoisotopic (exact) mass is 700 g/mol. The van der Waals surface area contributed by atoms with Crippen LogP contribution in [0.2, 0.25) is 0 Å². The highest BCUT2D eigenvalue weighted by Crippen LogP contribution is 2.43. The zero-order valence-electron chi connectivity index (χ0n) is 29.8. The molecule has 10 nitrogen and oxygen atoms in total. The van der Waals surface area contributed by atoms with Crippen molar-refractivity contribution in [3.8, 4) is 17.2 Å². The number of fused-ring (bicyclic) bond motifs is 4. The second-order valence-electron chi connectivity index (χ2n) is 15.4. The summed E-state index contributed by atoms with van der Waals surface area (Å²) in [7, 11) is 0. The van der Waals surface area contributed by atoms with Crippen molar-refractivity contribution in [3.63, 3.8) is 0 Å². The Balaban J connectivity index is 0.872. The van der Waals surface area contributed by atoms with E-state index in [1.807, 2.05) is 30.3 Å². The highest BCUT2D eigenvalue weighted by molar-refractivity contribution is 5.96. The first-order valence-electron chi connectivity index (χ1n) is 18.9. The molecule has 1 unspecified atom stereocenters. The number of hydrogen-bond donors (Lipinski definition) is 5. The molecule has 51 heavy (non-hydrogen) atoms. The first kappa shape index (κ1) is 35.7. The number of amides is 1. The van der Waals surface area contributed by atoms with Crippen molar-refractivity contribution >= 4 is 11.6 Å². The Morgan fingerprint density at radius 1 is 1.04 bits per heavy atom. The largest absolute Gasteiger partial charge is 0.508 e. The Kier molecular flexibility index (Phi) is 10.9. The fourth-order valence-corrected chi connectivity index (χ4v) is 8.91. The van der Waals surface area contributed by atoms with Crippen molar-refractivity contribution in [1.29, 1.82) is 0 Å². The number of quaternary nitrogens is 1. The summed E-state index contributed by atoms with van der Waals surface area (Å²) in [6.07, 6.45) is 6.82. The molecule has 0 radical (unpaired) electrons. The number of phenolic OH excluding ortho intramolecular Hbond substituents is 1. The smallest absolute Gasteiger partial charge is 0.262 e. The van der Waals surface area contributed by atoms with E-state index in [4.69, 9.17) is 14.2 Å². The summed E-state index contributed by atoms with van der Waals surface area (Å²) in [5, 5.41) is 39.1. The number of hydrogen-bond acceptors (Lipinski definition) is 8. The van der Waals surface area contributed by atoms with Gasteiger partial charge in [0.15, 0.2) is 6.61 Å². The minimum Gasteiger partial charge on any atom is -0.508 e. The molecule has 274 valence electrons. The molecule has 4 heterocycles. The number of nitrogens with one attached hydrogen (secondary N) is 2. The van der Waals surface area contributed by atoms with Gasteiger partial charge in [-0.15, -0.1) is 0 Å². The molecule has 8 rings (SSSR count). The molecule has 1 amide bonds. The van der Waals surface area contributed by atoms with Gasteiger partial charge in [0.2, 0.25) is 0 Å². The van der Waals surface area contributed by atoms with Gasteiger partial charge in [-0.25, -0.2) is 0 Å². The summed E-state index contributed by atoms with van der Waals surface area (Å²) in [5.74, 6) is 1.72. The van der Waals surface area contributed by atoms with Crippen molar-refractivity contribution in [1.82, 2.24) is 5.32 Å². The lowest BCUT2D eigenvalue weighted by Crippen LogP contribution is -2.65. The third kappa shape index (κ3) is 8.21. The number of ether oxygens (including phenoxy) is 3. The molecule has 2 bridgehead atoms. The van der Waals surface area contributed by atoms with Gasteiger partial charge in [0, 0.05) is 43.0 Å². The summed E-state index contributed by atoms with van der Waals surface area (Å²) in [6.45, 7) is 7.48. The van der Waals surface area contributed by atoms with Crippen LogP contribution in [0, 0.1) is 11.8 Å². The summed E-state index contributed by atoms with van der Waals surface area (Å²) in [6, 6.07) is 21.4. The van der Waals surface area contributed by atoms with E-state index in [0.717, 1.165) is 79.6 Å². The van der Waals surface area contributed by atoms with Crippen LogP contribution in [-0.2, 0) is 21.6 Å². The Labute approximate surface area is 301 Å². The first-order valence-corrected chi connectivity index (χ1v) is 18.9. The molecule has 1 aliphatic carbocycles. The number of carbonyl (C=O) groups excluding carboxylic acids is 1. The lowest BCUT2D eigenvalue weighted by atomic mass is 9.80. The minimum absolute atomic E-state index is 0.0468. The number of anilines is 1. The summed E-state index contributed by atoms with van der Waals surface area (Å²) in [4.78, 5) is 11.7. The van der Waals surface area contributed by atoms with Gasteiger partial charge < -0.3 is 44.6 Å². The molecule has 4 aliphatic heterocycles. The van der Waals surface area contributed by atoms with E-state index < -0.39 is 11.7 Å². The molecule has 5 N–H and O–H groups in total. The van der Waals surface area contributed by atoms with E-state index in [9.17, 15) is 20.1 Å². The second kappa shape index (κ2) is 15.5. The van der Waals surface area contributed by atoms with Gasteiger partial charge in [-0.1, -0.05) is 55.3 Å². The number of rotatable bonds is 15. The summed E-state index contributed by atoms with van der Waals surface area (Å²) in [5.41, 5.74) is 2.01. The number of nitrogens with zero attached hydrogens (tertiary/aromatic N) is 1. The number of aliphatic hydroxyl groups excluding tert-OH is 1. The molecule has 4 atom stereocenters. The molecule has 1 saturated carbocycles. The van der Waals surface area contributed by atoms with Gasteiger partial charge in [0.05, 0.1) is 31.5 Å². The van der Waals surface area contributed by atoms with Gasteiger partial charge in [-0.2, -0.15) is 0 Å². The third-order valence-corrected chi connectivity index (χ3v) is 11.9. The molecule has 0 spiro atoms. The van der Waals surface area contributed by atoms with Crippen LogP contribution >= 0.6 is 0 Å². The van der Waals surface area contributed by atoms with Gasteiger partial charge in [-0.3, -0.25) is 4.79 Å². The Bertz CT molecular complexity index is 1620. The van der Waals surface area contributed by atoms with E-state index in [1.54, 1.807) is 0 Å². The summed E-state index contributed by atoms with van der Waals surface area (Å²) >= 11 is 0. The van der Waals surface area contributed by atoms with E-state index >= 15 is 0 Å². The predicted molar refractivity (Wildman–Crippen MR) is 195 cm³/mol. The Morgan fingerprint density at radius 3 is 2.53 bits per heavy atom. The predicted octanol–water partition coefficient (Wildman–Crippen LogP) is 5.06. The zero-order valence-corrected chi connectivity index (χ0v) is 29.8. The fourth-order valence-electron chi connectivity index (χ4n) is 8.91. The molecule has 10 heteroatoms. The number of piperidine rings is 3. The molecule has 3 aromatic rings. The van der Waals surface area contributed by atoms with Crippen LogP contribution in [-0.4, -0.2) is 90.4 Å². The normalized spacial score (nSPS) is 25.4. The van der Waals surface area contributed by atoms with Gasteiger partial charge in [-0.05, 0) is 61.4 Å². The molecular weight excluding hydrogens is 646 g/mol. The minimum atomic E-state index is -0.928. The van der Waals surface area contributed by atoms with Crippen molar-refractivity contribution in [2.24, 2.45) is 11.8 Å². The van der Waals surface area contributed by atoms with Gasteiger partial charge in [0.25, 0.3) is 5.91 Å². The van der Waals surface area contributed by atoms with Crippen LogP contribution in [0.15, 0.2) is 66.7 Å². The van der Waals surface area contributed by atoms with Crippen LogP contribution in [0.5, 0.6) is 17.2 Å². The van der Waals surface area contributed by atoms with Crippen molar-refractivity contribution < 1.29 is 38.8 Å². The van der Waals surface area contributed by atoms with E-state index in [-0.39, 0.29) is 42.9 Å². The second-order valence-corrected chi connectivity index (χ2v) is 15.4. The van der Waals surface area contributed by atoms with Crippen LogP contribution in [0.4, 0.5) is 5.69 Å². The standard InChI is InChI=1S/C41H53N3O7/c1-28(42-24-37(46)35-22-33(45)23-36-40(35)50-26-39(47)43-36)21-29-11-13-34(14-12-29)49-20-19-44-17-15-30(16-18-44)38(25-44)51-27-41(48,32-9-5-6-10-32)31-7-3-2-4-8-31/h2-4,7-8,11-14,22-23,28,30,32,37-38,42,46,48H,5-6,9-10,15-21,24-27H2,1H3,(H-,43,45,47)/p+1/t28-,30?,37+,38+,41?,44?/m1/s1. The number of aliphatic hydroxyl groups is 2. The molecule has 5 aliphatic rings. The highest BCUT2D eigenvalue weighted by atomic mass is 16.5. The van der Waals surface area contributed by atoms with E-state index in [1.165, 1.54) is 25.0 Å². The number of phenols is 1. The summed E-state index contributed by atoms with van der Waals surface area (Å²) < 4.78 is 19.6. The van der Waals surface area contributed by atoms with Crippen LogP contribution in [0.1, 0.15) is 68.2 Å². The Hall–Kier alpha value is -3.67.